The highest BCUT2D eigenvalue weighted by Gasteiger charge is 2.48. The van der Waals surface area contributed by atoms with E-state index in [0.29, 0.717) is 16.9 Å². The van der Waals surface area contributed by atoms with E-state index in [1.165, 1.54) is 22.2 Å². The molecule has 2 unspecified atom stereocenters. The first-order valence-corrected chi connectivity index (χ1v) is 10.4. The van der Waals surface area contributed by atoms with Crippen LogP contribution in [-0.2, 0) is 11.3 Å². The molecule has 3 amide bonds. The molecule has 0 bridgehead atoms. The van der Waals surface area contributed by atoms with Crippen LogP contribution < -0.4 is 5.32 Å². The number of H-pyrrole nitrogens is 1. The van der Waals surface area contributed by atoms with Gasteiger partial charge in [0, 0.05) is 13.6 Å². The number of fused-ring (bicyclic) bond motifs is 2. The number of aliphatic imine (C=N–C) groups is 1. The quantitative estimate of drug-likeness (QED) is 0.680. The monoisotopic (exact) mass is 420 g/mol. The number of amidine groups is 1. The number of amides is 3. The van der Waals surface area contributed by atoms with Crippen LogP contribution in [0.2, 0.25) is 0 Å². The Balaban J connectivity index is 1.50. The Morgan fingerprint density at radius 2 is 1.87 bits per heavy atom. The van der Waals surface area contributed by atoms with E-state index in [-0.39, 0.29) is 5.91 Å². The van der Waals surface area contributed by atoms with Crippen molar-refractivity contribution in [1.29, 1.82) is 0 Å². The van der Waals surface area contributed by atoms with Gasteiger partial charge in [0.05, 0.1) is 11.0 Å². The Labute approximate surface area is 177 Å². The second kappa shape index (κ2) is 7.17. The van der Waals surface area contributed by atoms with Crippen LogP contribution in [0.5, 0.6) is 0 Å². The maximum atomic E-state index is 12.7. The zero-order valence-corrected chi connectivity index (χ0v) is 17.3. The molecule has 5 rings (SSSR count). The molecule has 2 aliphatic heterocycles. The second-order valence-corrected chi connectivity index (χ2v) is 8.41. The average molecular weight is 420 g/mol. The minimum Gasteiger partial charge on any atom is -0.333 e. The largest absolute Gasteiger partial charge is 0.333 e. The van der Waals surface area contributed by atoms with Crippen LogP contribution in [0.25, 0.3) is 11.0 Å². The van der Waals surface area contributed by atoms with Gasteiger partial charge in [-0.25, -0.2) is 14.8 Å². The summed E-state index contributed by atoms with van der Waals surface area (Å²) in [5.74, 6) is -0.334. The third-order valence-corrected chi connectivity index (χ3v) is 6.26. The molecule has 0 aliphatic carbocycles. The highest BCUT2D eigenvalue weighted by Crippen LogP contribution is 2.33. The van der Waals surface area contributed by atoms with Crippen molar-refractivity contribution in [2.45, 2.75) is 30.8 Å². The Kier molecular flexibility index (Phi) is 4.47. The smallest absolute Gasteiger partial charge is 0.325 e. The maximum Gasteiger partial charge on any atom is 0.325 e. The van der Waals surface area contributed by atoms with E-state index < -0.39 is 18.2 Å². The summed E-state index contributed by atoms with van der Waals surface area (Å²) in [7, 11) is 1.65. The zero-order chi connectivity index (χ0) is 20.8. The van der Waals surface area contributed by atoms with Crippen LogP contribution in [0, 0.1) is 6.92 Å². The van der Waals surface area contributed by atoms with Crippen molar-refractivity contribution < 1.29 is 9.59 Å². The van der Waals surface area contributed by atoms with E-state index >= 15 is 0 Å². The third-order valence-electron chi connectivity index (χ3n) is 5.35. The molecule has 9 heteroatoms. The molecule has 8 nitrogen and oxygen atoms in total. The molecule has 0 saturated carbocycles. The molecular formula is C21H20N6O2S. The highest BCUT2D eigenvalue weighted by molar-refractivity contribution is 8.13. The first-order chi connectivity index (χ1) is 14.5. The molecule has 1 saturated heterocycles. The Morgan fingerprint density at radius 1 is 1.10 bits per heavy atom. The van der Waals surface area contributed by atoms with Gasteiger partial charge < -0.3 is 14.8 Å². The molecule has 1 aromatic heterocycles. The SMILES string of the molecule is Cc1ccc(CN2C(Sc3nc4ccccc4[nH]3)=NC3C2C(=O)NC(=O)N3C)cc1. The van der Waals surface area contributed by atoms with Crippen LogP contribution in [-0.4, -0.2) is 56.1 Å². The van der Waals surface area contributed by atoms with Gasteiger partial charge in [0.1, 0.15) is 0 Å². The molecule has 1 fully saturated rings. The fourth-order valence-electron chi connectivity index (χ4n) is 3.71. The van der Waals surface area contributed by atoms with E-state index in [0.717, 1.165) is 16.6 Å². The number of aromatic nitrogens is 2. The lowest BCUT2D eigenvalue weighted by Crippen LogP contribution is -2.63. The van der Waals surface area contributed by atoms with Gasteiger partial charge in [0.25, 0.3) is 5.91 Å². The van der Waals surface area contributed by atoms with E-state index in [4.69, 9.17) is 4.99 Å². The molecule has 2 aromatic carbocycles. The first kappa shape index (κ1) is 18.7. The molecule has 152 valence electrons. The summed E-state index contributed by atoms with van der Waals surface area (Å²) in [5, 5.41) is 3.78. The van der Waals surface area contributed by atoms with Crippen LogP contribution in [0.1, 0.15) is 11.1 Å². The minimum atomic E-state index is -0.583. The number of imide groups is 1. The van der Waals surface area contributed by atoms with Gasteiger partial charge in [-0.1, -0.05) is 42.0 Å². The number of aromatic amines is 1. The number of likely N-dealkylation sites (N-methyl/N-ethyl adjacent to an activating group) is 1. The fourth-order valence-corrected chi connectivity index (χ4v) is 4.64. The van der Waals surface area contributed by atoms with Gasteiger partial charge in [-0.2, -0.15) is 0 Å². The van der Waals surface area contributed by atoms with Gasteiger partial charge >= 0.3 is 6.03 Å². The molecule has 2 aliphatic rings. The van der Waals surface area contributed by atoms with Gasteiger partial charge in [0.15, 0.2) is 22.5 Å². The van der Waals surface area contributed by atoms with Gasteiger partial charge in [0.2, 0.25) is 0 Å². The Bertz CT molecular complexity index is 1140. The van der Waals surface area contributed by atoms with Crippen LogP contribution in [0.3, 0.4) is 0 Å². The molecule has 30 heavy (non-hydrogen) atoms. The molecule has 2 N–H and O–H groups in total. The number of nitrogens with zero attached hydrogens (tertiary/aromatic N) is 4. The summed E-state index contributed by atoms with van der Waals surface area (Å²) in [6.45, 7) is 2.54. The summed E-state index contributed by atoms with van der Waals surface area (Å²) in [5.41, 5.74) is 4.04. The number of thioether (sulfide) groups is 1. The fraction of sp³-hybridized carbons (Fsp3) is 0.238. The molecule has 0 spiro atoms. The lowest BCUT2D eigenvalue weighted by atomic mass is 10.1. The summed E-state index contributed by atoms with van der Waals surface area (Å²) in [6, 6.07) is 15.0. The number of hydrogen-bond donors (Lipinski definition) is 2. The standard InChI is InChI=1S/C21H20N6O2S/c1-12-7-9-13(10-8-12)11-27-16-17(26(2)20(29)25-18(16)28)24-21(27)30-19-22-14-5-3-4-6-15(14)23-19/h3-10,16-17H,11H2,1-2H3,(H,22,23)(H,25,28,29). The van der Waals surface area contributed by atoms with E-state index in [9.17, 15) is 9.59 Å². The third kappa shape index (κ3) is 3.21. The van der Waals surface area contributed by atoms with Crippen LogP contribution in [0.4, 0.5) is 4.79 Å². The van der Waals surface area contributed by atoms with Gasteiger partial charge in [-0.3, -0.25) is 10.1 Å². The number of carbonyl (C=O) groups excluding carboxylic acids is 2. The minimum absolute atomic E-state index is 0.334. The number of para-hydroxylation sites is 2. The first-order valence-electron chi connectivity index (χ1n) is 9.60. The van der Waals surface area contributed by atoms with Crippen molar-refractivity contribution in [2.75, 3.05) is 7.05 Å². The summed E-state index contributed by atoms with van der Waals surface area (Å²) in [6.07, 6.45) is -0.566. The van der Waals surface area contributed by atoms with Gasteiger partial charge in [-0.05, 0) is 36.4 Å². The normalized spacial score (nSPS) is 21.1. The lowest BCUT2D eigenvalue weighted by molar-refractivity contribution is -0.127. The van der Waals surface area contributed by atoms with Crippen LogP contribution >= 0.6 is 11.8 Å². The predicted octanol–water partition coefficient (Wildman–Crippen LogP) is 2.71. The molecule has 3 heterocycles. The van der Waals surface area contributed by atoms with Gasteiger partial charge in [-0.15, -0.1) is 0 Å². The Hall–Kier alpha value is -3.33. The van der Waals surface area contributed by atoms with E-state index in [1.54, 1.807) is 7.05 Å². The predicted molar refractivity (Wildman–Crippen MR) is 115 cm³/mol. The maximum absolute atomic E-state index is 12.7. The summed E-state index contributed by atoms with van der Waals surface area (Å²) in [4.78, 5) is 40.9. The number of benzene rings is 2. The number of imidazole rings is 1. The number of aryl methyl sites for hydroxylation is 1. The molecule has 2 atom stereocenters. The van der Waals surface area contributed by atoms with Crippen molar-refractivity contribution in [3.8, 4) is 0 Å². The summed E-state index contributed by atoms with van der Waals surface area (Å²) < 4.78 is 0. The zero-order valence-electron chi connectivity index (χ0n) is 16.5. The average Bonchev–Trinajstić information content (AvgIpc) is 3.29. The molecular weight excluding hydrogens is 400 g/mol. The van der Waals surface area contributed by atoms with Crippen molar-refractivity contribution in [2.24, 2.45) is 4.99 Å². The second-order valence-electron chi connectivity index (χ2n) is 7.45. The van der Waals surface area contributed by atoms with Crippen molar-refractivity contribution >= 4 is 39.9 Å². The highest BCUT2D eigenvalue weighted by atomic mass is 32.2. The molecule has 0 radical (unpaired) electrons. The number of nitrogens with one attached hydrogen (secondary N) is 2. The number of carbonyl (C=O) groups is 2. The van der Waals surface area contributed by atoms with Crippen molar-refractivity contribution in [3.05, 3.63) is 59.7 Å². The number of urea groups is 1. The van der Waals surface area contributed by atoms with E-state index in [1.807, 2.05) is 60.4 Å². The number of rotatable bonds is 3. The van der Waals surface area contributed by atoms with Crippen molar-refractivity contribution in [3.63, 3.8) is 0 Å². The Morgan fingerprint density at radius 3 is 2.63 bits per heavy atom. The lowest BCUT2D eigenvalue weighted by Gasteiger charge is -2.36. The number of hydrogen-bond acceptors (Lipinski definition) is 6. The topological polar surface area (TPSA) is 93.7 Å². The summed E-state index contributed by atoms with van der Waals surface area (Å²) >= 11 is 1.37. The molecule has 3 aromatic rings. The van der Waals surface area contributed by atoms with E-state index in [2.05, 4.69) is 15.3 Å². The van der Waals surface area contributed by atoms with Crippen LogP contribution in [0.15, 0.2) is 58.7 Å². The van der Waals surface area contributed by atoms with Crippen molar-refractivity contribution in [1.82, 2.24) is 25.1 Å².